The number of aromatic nitrogens is 1. The minimum atomic E-state index is -3.63. The molecule has 0 aliphatic carbocycles. The summed E-state index contributed by atoms with van der Waals surface area (Å²) in [6.07, 6.45) is 1.08. The standard InChI is InChI=1S/C17H29N3O4S/c1-11(2)13(4)19(6)17(21)15-7-9-20(10-8-15)25(22,23)16-12(3)18-24-14(16)5/h11,13,15H,7-10H2,1-6H3. The predicted octanol–water partition coefficient (Wildman–Crippen LogP) is 2.20. The lowest BCUT2D eigenvalue weighted by molar-refractivity contribution is -0.138. The average molecular weight is 372 g/mol. The van der Waals surface area contributed by atoms with Crippen LogP contribution in [0.3, 0.4) is 0 Å². The minimum Gasteiger partial charge on any atom is -0.360 e. The van der Waals surface area contributed by atoms with Crippen LogP contribution in [0.15, 0.2) is 9.42 Å². The lowest BCUT2D eigenvalue weighted by Crippen LogP contribution is -2.46. The summed E-state index contributed by atoms with van der Waals surface area (Å²) in [5.74, 6) is 0.674. The van der Waals surface area contributed by atoms with Gasteiger partial charge < -0.3 is 9.42 Å². The van der Waals surface area contributed by atoms with Crippen LogP contribution in [0.5, 0.6) is 0 Å². The minimum absolute atomic E-state index is 0.107. The molecule has 0 radical (unpaired) electrons. The molecule has 1 saturated heterocycles. The Morgan fingerprint density at radius 2 is 1.80 bits per heavy atom. The summed E-state index contributed by atoms with van der Waals surface area (Å²) in [5.41, 5.74) is 0.376. The maximum absolute atomic E-state index is 12.8. The van der Waals surface area contributed by atoms with Gasteiger partial charge in [0.15, 0.2) is 5.76 Å². The van der Waals surface area contributed by atoms with E-state index in [0.717, 1.165) is 0 Å². The predicted molar refractivity (Wildman–Crippen MR) is 94.5 cm³/mol. The Labute approximate surface area is 150 Å². The van der Waals surface area contributed by atoms with Crippen molar-refractivity contribution in [2.45, 2.75) is 58.4 Å². The van der Waals surface area contributed by atoms with Gasteiger partial charge in [-0.2, -0.15) is 4.31 Å². The summed E-state index contributed by atoms with van der Waals surface area (Å²) in [6, 6.07) is 0.163. The van der Waals surface area contributed by atoms with Crippen LogP contribution in [0.2, 0.25) is 0 Å². The number of carbonyl (C=O) groups is 1. The van der Waals surface area contributed by atoms with Crippen molar-refractivity contribution in [3.8, 4) is 0 Å². The first-order valence-corrected chi connectivity index (χ1v) is 10.2. The van der Waals surface area contributed by atoms with Crippen molar-refractivity contribution in [1.29, 1.82) is 0 Å². The molecule has 1 aromatic heterocycles. The molecule has 0 saturated carbocycles. The number of piperidine rings is 1. The second-order valence-corrected chi connectivity index (χ2v) is 9.14. The van der Waals surface area contributed by atoms with Crippen LogP contribution in [0.1, 0.15) is 45.1 Å². The number of hydrogen-bond acceptors (Lipinski definition) is 5. The number of carbonyl (C=O) groups excluding carboxylic acids is 1. The van der Waals surface area contributed by atoms with Crippen molar-refractivity contribution in [1.82, 2.24) is 14.4 Å². The molecule has 1 amide bonds. The molecule has 1 unspecified atom stereocenters. The van der Waals surface area contributed by atoms with E-state index in [1.54, 1.807) is 18.7 Å². The van der Waals surface area contributed by atoms with Gasteiger partial charge in [0.05, 0.1) is 0 Å². The van der Waals surface area contributed by atoms with Crippen LogP contribution in [-0.4, -0.2) is 54.9 Å². The van der Waals surface area contributed by atoms with Crippen molar-refractivity contribution in [3.05, 3.63) is 11.5 Å². The molecule has 0 spiro atoms. The van der Waals surface area contributed by atoms with Gasteiger partial charge in [-0.1, -0.05) is 19.0 Å². The molecule has 2 rings (SSSR count). The monoisotopic (exact) mass is 371 g/mol. The van der Waals surface area contributed by atoms with Crippen LogP contribution in [0, 0.1) is 25.7 Å². The lowest BCUT2D eigenvalue weighted by atomic mass is 9.95. The fourth-order valence-electron chi connectivity index (χ4n) is 3.25. The number of hydrogen-bond donors (Lipinski definition) is 0. The molecule has 0 N–H and O–H groups in total. The third-order valence-corrected chi connectivity index (χ3v) is 7.44. The Morgan fingerprint density at radius 1 is 1.24 bits per heavy atom. The summed E-state index contributed by atoms with van der Waals surface area (Å²) >= 11 is 0. The van der Waals surface area contributed by atoms with Crippen LogP contribution in [0.4, 0.5) is 0 Å². The van der Waals surface area contributed by atoms with E-state index in [-0.39, 0.29) is 22.8 Å². The fourth-order valence-corrected chi connectivity index (χ4v) is 5.01. The first-order chi connectivity index (χ1) is 11.6. The highest BCUT2D eigenvalue weighted by Gasteiger charge is 2.36. The van der Waals surface area contributed by atoms with Gasteiger partial charge in [0.25, 0.3) is 0 Å². The molecule has 7 nitrogen and oxygen atoms in total. The number of rotatable bonds is 5. The van der Waals surface area contributed by atoms with E-state index < -0.39 is 10.0 Å². The second-order valence-electron chi connectivity index (χ2n) is 7.27. The third kappa shape index (κ3) is 3.89. The maximum atomic E-state index is 12.8. The van der Waals surface area contributed by atoms with Gasteiger partial charge in [0, 0.05) is 32.1 Å². The molecule has 8 heteroatoms. The smallest absolute Gasteiger partial charge is 0.248 e. The highest BCUT2D eigenvalue weighted by Crippen LogP contribution is 2.28. The first-order valence-electron chi connectivity index (χ1n) is 8.77. The molecule has 25 heavy (non-hydrogen) atoms. The van der Waals surface area contributed by atoms with Crippen LogP contribution in [0.25, 0.3) is 0 Å². The largest absolute Gasteiger partial charge is 0.360 e. The van der Waals surface area contributed by atoms with Gasteiger partial charge in [-0.05, 0) is 39.5 Å². The number of amides is 1. The Kier molecular flexibility index (Phi) is 5.93. The first kappa shape index (κ1) is 19.9. The van der Waals surface area contributed by atoms with Crippen molar-refractivity contribution in [2.24, 2.45) is 11.8 Å². The van der Waals surface area contributed by atoms with E-state index in [9.17, 15) is 13.2 Å². The molecule has 1 atom stereocenters. The Balaban J connectivity index is 2.06. The summed E-state index contributed by atoms with van der Waals surface area (Å²) in [7, 11) is -1.79. The number of aryl methyl sites for hydroxylation is 2. The van der Waals surface area contributed by atoms with E-state index >= 15 is 0 Å². The van der Waals surface area contributed by atoms with E-state index in [1.165, 1.54) is 4.31 Å². The molecule has 1 fully saturated rings. The number of sulfonamides is 1. The van der Waals surface area contributed by atoms with E-state index in [1.807, 2.05) is 14.0 Å². The van der Waals surface area contributed by atoms with Gasteiger partial charge in [0.2, 0.25) is 15.9 Å². The van der Waals surface area contributed by atoms with Crippen LogP contribution < -0.4 is 0 Å². The van der Waals surface area contributed by atoms with Crippen molar-refractivity contribution in [2.75, 3.05) is 20.1 Å². The second kappa shape index (κ2) is 7.45. The summed E-state index contributed by atoms with van der Waals surface area (Å²) in [5, 5.41) is 3.74. The maximum Gasteiger partial charge on any atom is 0.248 e. The zero-order valence-electron chi connectivity index (χ0n) is 15.9. The fraction of sp³-hybridized carbons (Fsp3) is 0.765. The molecular formula is C17H29N3O4S. The molecule has 0 bridgehead atoms. The molecule has 2 heterocycles. The zero-order chi connectivity index (χ0) is 18.9. The van der Waals surface area contributed by atoms with E-state index in [0.29, 0.717) is 43.3 Å². The third-order valence-electron chi connectivity index (χ3n) is 5.29. The highest BCUT2D eigenvalue weighted by molar-refractivity contribution is 7.89. The summed E-state index contributed by atoms with van der Waals surface area (Å²) in [4.78, 5) is 14.6. The molecular weight excluding hydrogens is 342 g/mol. The van der Waals surface area contributed by atoms with Crippen LogP contribution in [-0.2, 0) is 14.8 Å². The highest BCUT2D eigenvalue weighted by atomic mass is 32.2. The molecule has 142 valence electrons. The van der Waals surface area contributed by atoms with Crippen molar-refractivity contribution >= 4 is 15.9 Å². The topological polar surface area (TPSA) is 83.7 Å². The Morgan fingerprint density at radius 3 is 2.24 bits per heavy atom. The van der Waals surface area contributed by atoms with Gasteiger partial charge in [-0.3, -0.25) is 4.79 Å². The zero-order valence-corrected chi connectivity index (χ0v) is 16.8. The van der Waals surface area contributed by atoms with Gasteiger partial charge in [-0.15, -0.1) is 0 Å². The van der Waals surface area contributed by atoms with Crippen molar-refractivity contribution < 1.29 is 17.7 Å². The summed E-state index contributed by atoms with van der Waals surface area (Å²) in [6.45, 7) is 10.1. The molecule has 1 aliphatic heterocycles. The molecule has 0 aromatic carbocycles. The quantitative estimate of drug-likeness (QED) is 0.792. The average Bonchev–Trinajstić information content (AvgIpc) is 2.92. The normalized spacial score (nSPS) is 18.5. The van der Waals surface area contributed by atoms with Crippen molar-refractivity contribution in [3.63, 3.8) is 0 Å². The van der Waals surface area contributed by atoms with Crippen LogP contribution >= 0.6 is 0 Å². The van der Waals surface area contributed by atoms with Gasteiger partial charge in [0.1, 0.15) is 10.6 Å². The number of nitrogens with zero attached hydrogens (tertiary/aromatic N) is 3. The SMILES string of the molecule is Cc1noc(C)c1S(=O)(=O)N1CCC(C(=O)N(C)C(C)C(C)C)CC1. The summed E-state index contributed by atoms with van der Waals surface area (Å²) < 4.78 is 32.1. The Hall–Kier alpha value is -1.41. The molecule has 1 aliphatic rings. The molecule has 1 aromatic rings. The van der Waals surface area contributed by atoms with E-state index in [2.05, 4.69) is 19.0 Å². The Bertz CT molecular complexity index is 699. The van der Waals surface area contributed by atoms with Gasteiger partial charge >= 0.3 is 0 Å². The van der Waals surface area contributed by atoms with E-state index in [4.69, 9.17) is 4.52 Å². The van der Waals surface area contributed by atoms with Gasteiger partial charge in [-0.25, -0.2) is 8.42 Å². The lowest BCUT2D eigenvalue weighted by Gasteiger charge is -2.35.